The molecule has 0 heterocycles. The number of carboxylic acid groups (broad SMARTS) is 1. The van der Waals surface area contributed by atoms with Gasteiger partial charge in [-0.3, -0.25) is 4.79 Å². The van der Waals surface area contributed by atoms with Gasteiger partial charge in [0.05, 0.1) is 5.92 Å². The van der Waals surface area contributed by atoms with Gasteiger partial charge in [0.1, 0.15) is 0 Å². The van der Waals surface area contributed by atoms with Crippen LogP contribution in [0.5, 0.6) is 0 Å². The Kier molecular flexibility index (Phi) is 6.96. The third-order valence-corrected chi connectivity index (χ3v) is 1.03. The predicted octanol–water partition coefficient (Wildman–Crippen LogP) is 1.11. The third kappa shape index (κ3) is 4.14. The topological polar surface area (TPSA) is 37.3 Å². The molecule has 0 saturated carbocycles. The summed E-state index contributed by atoms with van der Waals surface area (Å²) in [4.78, 5) is 9.93. The van der Waals surface area contributed by atoms with E-state index in [2.05, 4.69) is 0 Å². The van der Waals surface area contributed by atoms with Gasteiger partial charge in [-0.1, -0.05) is 13.8 Å². The van der Waals surface area contributed by atoms with Crippen molar-refractivity contribution in [1.29, 1.82) is 0 Å². The van der Waals surface area contributed by atoms with Crippen LogP contribution in [0.3, 0.4) is 0 Å². The molecule has 0 saturated heterocycles. The zero-order valence-electron chi connectivity index (χ0n) is 4.97. The maximum atomic E-state index is 9.93. The molecule has 51 valence electrons. The number of carbonyl (C=O) groups is 1. The zero-order chi connectivity index (χ0) is 5.86. The van der Waals surface area contributed by atoms with E-state index in [1.165, 1.54) is 0 Å². The molecule has 0 fully saturated rings. The molecule has 0 aliphatic heterocycles. The second-order valence-electron chi connectivity index (χ2n) is 1.65. The van der Waals surface area contributed by atoms with Gasteiger partial charge in [-0.05, 0) is 6.42 Å². The molecule has 0 aliphatic rings. The number of rotatable bonds is 2. The van der Waals surface area contributed by atoms with E-state index in [9.17, 15) is 4.79 Å². The van der Waals surface area contributed by atoms with Crippen molar-refractivity contribution in [3.63, 3.8) is 0 Å². The van der Waals surface area contributed by atoms with Gasteiger partial charge in [-0.2, -0.15) is 0 Å². The van der Waals surface area contributed by atoms with Gasteiger partial charge in [0.2, 0.25) is 0 Å². The molecular weight excluding hydrogens is 151 g/mol. The van der Waals surface area contributed by atoms with Crippen molar-refractivity contribution in [1.82, 2.24) is 0 Å². The third-order valence-electron chi connectivity index (χ3n) is 1.03. The molecule has 0 bridgehead atoms. The minimum absolute atomic E-state index is 0. The molecule has 1 atom stereocenters. The van der Waals surface area contributed by atoms with Gasteiger partial charge in [0.15, 0.2) is 0 Å². The van der Waals surface area contributed by atoms with Crippen molar-refractivity contribution < 1.29 is 26.7 Å². The smallest absolute Gasteiger partial charge is 0.306 e. The molecule has 0 rings (SSSR count). The van der Waals surface area contributed by atoms with E-state index < -0.39 is 5.97 Å². The first-order valence-electron chi connectivity index (χ1n) is 2.41. The number of carboxylic acids is 1. The predicted molar refractivity (Wildman–Crippen MR) is 27.1 cm³/mol. The van der Waals surface area contributed by atoms with Gasteiger partial charge in [0, 0.05) is 16.8 Å². The Hall–Kier alpha value is -0.0235. The van der Waals surface area contributed by atoms with Crippen LogP contribution in [0, 0.1) is 5.92 Å². The van der Waals surface area contributed by atoms with E-state index in [4.69, 9.17) is 5.11 Å². The van der Waals surface area contributed by atoms with Crippen LogP contribution in [0.2, 0.25) is 0 Å². The zero-order valence-corrected chi connectivity index (χ0v) is 6.01. The standard InChI is InChI=1S/C5H10O2.Co/c1-3-4(2)5(6)7;/h4H,3H2,1-2H3,(H,6,7);. The minimum Gasteiger partial charge on any atom is -0.481 e. The molecule has 0 aromatic rings. The van der Waals surface area contributed by atoms with Gasteiger partial charge >= 0.3 is 5.97 Å². The average molecular weight is 161 g/mol. The molecule has 0 aliphatic carbocycles. The summed E-state index contributed by atoms with van der Waals surface area (Å²) < 4.78 is 0. The van der Waals surface area contributed by atoms with Crippen molar-refractivity contribution in [3.8, 4) is 0 Å². The number of hydrogen-bond donors (Lipinski definition) is 1. The van der Waals surface area contributed by atoms with Crippen molar-refractivity contribution >= 4 is 5.97 Å². The Bertz CT molecular complexity index is 72.8. The summed E-state index contributed by atoms with van der Waals surface area (Å²) >= 11 is 0. The summed E-state index contributed by atoms with van der Waals surface area (Å²) in [6.07, 6.45) is 0.718. The normalized spacial score (nSPS) is 11.8. The summed E-state index contributed by atoms with van der Waals surface area (Å²) in [5, 5.41) is 8.18. The minimum atomic E-state index is -0.706. The SMILES string of the molecule is CCC(C)C(=O)O.[Co]. The van der Waals surface area contributed by atoms with Crippen LogP contribution >= 0.6 is 0 Å². The fourth-order valence-electron chi connectivity index (χ4n) is 0.175. The molecule has 0 aromatic heterocycles. The summed E-state index contributed by atoms with van der Waals surface area (Å²) in [6.45, 7) is 3.56. The quantitative estimate of drug-likeness (QED) is 0.658. The van der Waals surface area contributed by atoms with E-state index in [1.54, 1.807) is 6.92 Å². The van der Waals surface area contributed by atoms with Crippen LogP contribution in [-0.2, 0) is 21.6 Å². The van der Waals surface area contributed by atoms with Crippen LogP contribution in [0.25, 0.3) is 0 Å². The second kappa shape index (κ2) is 5.12. The summed E-state index contributed by atoms with van der Waals surface area (Å²) in [6, 6.07) is 0. The van der Waals surface area contributed by atoms with Crippen molar-refractivity contribution in [2.24, 2.45) is 5.92 Å². The molecule has 0 spiro atoms. The second-order valence-corrected chi connectivity index (χ2v) is 1.65. The summed E-state index contributed by atoms with van der Waals surface area (Å²) in [5.74, 6) is -0.887. The van der Waals surface area contributed by atoms with E-state index in [-0.39, 0.29) is 22.7 Å². The van der Waals surface area contributed by atoms with E-state index in [1.807, 2.05) is 6.92 Å². The molecule has 1 radical (unpaired) electrons. The maximum absolute atomic E-state index is 9.93. The first-order valence-corrected chi connectivity index (χ1v) is 2.41. The van der Waals surface area contributed by atoms with E-state index in [0.29, 0.717) is 0 Å². The van der Waals surface area contributed by atoms with E-state index >= 15 is 0 Å². The maximum Gasteiger partial charge on any atom is 0.306 e. The molecule has 0 aromatic carbocycles. The van der Waals surface area contributed by atoms with Crippen molar-refractivity contribution in [3.05, 3.63) is 0 Å². The number of aliphatic carboxylic acids is 1. The molecule has 8 heavy (non-hydrogen) atoms. The Balaban J connectivity index is 0. The van der Waals surface area contributed by atoms with Gasteiger partial charge < -0.3 is 5.11 Å². The monoisotopic (exact) mass is 161 g/mol. The Morgan fingerprint density at radius 2 is 2.12 bits per heavy atom. The Morgan fingerprint density at radius 1 is 1.75 bits per heavy atom. The van der Waals surface area contributed by atoms with Crippen molar-refractivity contribution in [2.45, 2.75) is 20.3 Å². The molecule has 0 amide bonds. The summed E-state index contributed by atoms with van der Waals surface area (Å²) in [5.41, 5.74) is 0. The summed E-state index contributed by atoms with van der Waals surface area (Å²) in [7, 11) is 0. The van der Waals surface area contributed by atoms with Crippen LogP contribution in [-0.4, -0.2) is 11.1 Å². The first kappa shape index (κ1) is 10.9. The molecule has 3 heteroatoms. The Morgan fingerprint density at radius 3 is 2.12 bits per heavy atom. The van der Waals surface area contributed by atoms with Crippen LogP contribution in [0.1, 0.15) is 20.3 Å². The van der Waals surface area contributed by atoms with E-state index in [0.717, 1.165) is 6.42 Å². The Labute approximate surface area is 59.5 Å². The van der Waals surface area contributed by atoms with Crippen LogP contribution in [0.15, 0.2) is 0 Å². The first-order chi connectivity index (χ1) is 3.18. The largest absolute Gasteiger partial charge is 0.481 e. The fraction of sp³-hybridized carbons (Fsp3) is 0.800. The van der Waals surface area contributed by atoms with Gasteiger partial charge in [-0.25, -0.2) is 0 Å². The molecule has 2 nitrogen and oxygen atoms in total. The van der Waals surface area contributed by atoms with Crippen molar-refractivity contribution in [2.75, 3.05) is 0 Å². The molecular formula is C5H10CoO2. The number of hydrogen-bond acceptors (Lipinski definition) is 1. The molecule has 1 unspecified atom stereocenters. The van der Waals surface area contributed by atoms with Gasteiger partial charge in [-0.15, -0.1) is 0 Å². The fourth-order valence-corrected chi connectivity index (χ4v) is 0.175. The average Bonchev–Trinajstić information content (AvgIpc) is 1.65. The van der Waals surface area contributed by atoms with Gasteiger partial charge in [0.25, 0.3) is 0 Å². The molecule has 1 N–H and O–H groups in total. The van der Waals surface area contributed by atoms with Crippen LogP contribution in [0.4, 0.5) is 0 Å². The van der Waals surface area contributed by atoms with Crippen LogP contribution < -0.4 is 0 Å².